The molecule has 0 spiro atoms. The number of carbonyl (C=O) groups excluding carboxylic acids is 3. The summed E-state index contributed by atoms with van der Waals surface area (Å²) in [6.07, 6.45) is 5.33. The number of rotatable bonds is 12. The zero-order valence-electron chi connectivity index (χ0n) is 20.9. The highest BCUT2D eigenvalue weighted by Crippen LogP contribution is 2.44. The van der Waals surface area contributed by atoms with E-state index in [1.54, 1.807) is 20.8 Å². The maximum atomic E-state index is 13.5. The predicted molar refractivity (Wildman–Crippen MR) is 129 cm³/mol. The van der Waals surface area contributed by atoms with Crippen LogP contribution in [0.25, 0.3) is 0 Å². The Morgan fingerprint density at radius 1 is 1.20 bits per heavy atom. The summed E-state index contributed by atoms with van der Waals surface area (Å²) in [5.41, 5.74) is -2.20. The van der Waals surface area contributed by atoms with Gasteiger partial charge in [0.1, 0.15) is 23.2 Å². The number of amides is 3. The number of nitrogens with zero attached hydrogens (tertiary/aromatic N) is 1. The molecule has 0 radical (unpaired) electrons. The number of aliphatic carboxylic acids is 1. The van der Waals surface area contributed by atoms with Crippen LogP contribution in [0.1, 0.15) is 65.7 Å². The van der Waals surface area contributed by atoms with Gasteiger partial charge in [0.15, 0.2) is 0 Å². The molecule has 3 amide bonds. The lowest BCUT2D eigenvalue weighted by Gasteiger charge is -2.30. The molecule has 0 unspecified atom stereocenters. The summed E-state index contributed by atoms with van der Waals surface area (Å²) < 4.78 is 5.31. The van der Waals surface area contributed by atoms with Crippen molar-refractivity contribution in [1.82, 2.24) is 15.5 Å². The number of hydrogen-bond acceptors (Lipinski definition) is 6. The molecule has 2 aliphatic rings. The van der Waals surface area contributed by atoms with Crippen molar-refractivity contribution in [3.8, 4) is 0 Å². The van der Waals surface area contributed by atoms with E-state index in [1.807, 2.05) is 6.08 Å². The summed E-state index contributed by atoms with van der Waals surface area (Å²) in [5.74, 6) is -2.74. The number of carboxylic acids is 1. The normalized spacial score (nSPS) is 26.4. The third-order valence-electron chi connectivity index (χ3n) is 6.28. The number of aliphatic hydroxyl groups is 1. The molecule has 1 aliphatic heterocycles. The number of allylic oxidation sites excluding steroid dienone is 1. The quantitative estimate of drug-likeness (QED) is 0.241. The maximum absolute atomic E-state index is 13.5. The molecule has 1 saturated heterocycles. The molecule has 5 atom stereocenters. The van der Waals surface area contributed by atoms with Crippen molar-refractivity contribution < 1.29 is 34.1 Å². The van der Waals surface area contributed by atoms with Gasteiger partial charge in [0.2, 0.25) is 11.8 Å². The molecule has 4 N–H and O–H groups in total. The molecule has 1 saturated carbocycles. The van der Waals surface area contributed by atoms with Gasteiger partial charge in [-0.25, -0.2) is 9.59 Å². The van der Waals surface area contributed by atoms with E-state index < -0.39 is 59.1 Å². The number of carbonyl (C=O) groups is 4. The molecule has 0 aromatic carbocycles. The first kappa shape index (κ1) is 28.4. The first-order chi connectivity index (χ1) is 16.3. The minimum absolute atomic E-state index is 0.0233. The van der Waals surface area contributed by atoms with Crippen LogP contribution in [0.4, 0.5) is 4.79 Å². The first-order valence-corrected chi connectivity index (χ1v) is 12.1. The average molecular weight is 494 g/mol. The van der Waals surface area contributed by atoms with Gasteiger partial charge in [0, 0.05) is 18.9 Å². The van der Waals surface area contributed by atoms with Gasteiger partial charge in [-0.2, -0.15) is 0 Å². The van der Waals surface area contributed by atoms with Gasteiger partial charge >= 0.3 is 12.1 Å². The number of unbranched alkanes of at least 4 members (excludes halogenated alkanes) is 3. The van der Waals surface area contributed by atoms with E-state index >= 15 is 0 Å². The smallest absolute Gasteiger partial charge is 0.408 e. The maximum Gasteiger partial charge on any atom is 0.408 e. The van der Waals surface area contributed by atoms with Gasteiger partial charge < -0.3 is 30.5 Å². The fraction of sp³-hybridized carbons (Fsp3) is 0.680. The Kier molecular flexibility index (Phi) is 9.48. The van der Waals surface area contributed by atoms with Crippen molar-refractivity contribution in [2.24, 2.45) is 5.92 Å². The topological polar surface area (TPSA) is 145 Å². The lowest BCUT2D eigenvalue weighted by Crippen LogP contribution is -2.56. The Hall–Kier alpha value is -2.88. The summed E-state index contributed by atoms with van der Waals surface area (Å²) in [4.78, 5) is 51.9. The van der Waals surface area contributed by atoms with Gasteiger partial charge in [-0.3, -0.25) is 9.59 Å². The third-order valence-corrected chi connectivity index (χ3v) is 6.28. The molecule has 10 nitrogen and oxygen atoms in total. The fourth-order valence-electron chi connectivity index (χ4n) is 4.35. The fourth-order valence-corrected chi connectivity index (χ4v) is 4.35. The van der Waals surface area contributed by atoms with Crippen LogP contribution >= 0.6 is 0 Å². The van der Waals surface area contributed by atoms with Gasteiger partial charge in [-0.05, 0) is 46.5 Å². The number of carboxylic acid groups (broad SMARTS) is 1. The van der Waals surface area contributed by atoms with Crippen LogP contribution in [0.5, 0.6) is 0 Å². The van der Waals surface area contributed by atoms with Gasteiger partial charge in [-0.15, -0.1) is 13.2 Å². The Bertz CT molecular complexity index is 837. The van der Waals surface area contributed by atoms with E-state index in [0.717, 1.165) is 19.3 Å². The summed E-state index contributed by atoms with van der Waals surface area (Å²) in [7, 11) is 0. The highest BCUT2D eigenvalue weighted by molar-refractivity contribution is 5.96. The van der Waals surface area contributed by atoms with E-state index in [9.17, 15) is 29.4 Å². The van der Waals surface area contributed by atoms with Gasteiger partial charge in [0.05, 0.1) is 6.10 Å². The predicted octanol–water partition coefficient (Wildman–Crippen LogP) is 2.12. The first-order valence-electron chi connectivity index (χ1n) is 12.1. The Balaban J connectivity index is 2.15. The third kappa shape index (κ3) is 7.55. The molecule has 35 heavy (non-hydrogen) atoms. The zero-order valence-corrected chi connectivity index (χ0v) is 20.9. The summed E-state index contributed by atoms with van der Waals surface area (Å²) in [6.45, 7) is 12.3. The van der Waals surface area contributed by atoms with E-state index in [-0.39, 0.29) is 19.4 Å². The van der Waals surface area contributed by atoms with Gasteiger partial charge in [-0.1, -0.05) is 25.0 Å². The Labute approximate surface area is 206 Å². The minimum Gasteiger partial charge on any atom is -0.479 e. The molecule has 0 aromatic heterocycles. The second-order valence-electron chi connectivity index (χ2n) is 10.3. The van der Waals surface area contributed by atoms with Crippen molar-refractivity contribution in [1.29, 1.82) is 0 Å². The van der Waals surface area contributed by atoms with E-state index in [0.29, 0.717) is 12.8 Å². The van der Waals surface area contributed by atoms with Gasteiger partial charge in [0.25, 0.3) is 0 Å². The summed E-state index contributed by atoms with van der Waals surface area (Å²) in [5, 5.41) is 25.0. The van der Waals surface area contributed by atoms with Crippen molar-refractivity contribution in [2.75, 3.05) is 6.54 Å². The second kappa shape index (κ2) is 11.7. The molecular formula is C25H39N3O7. The number of likely N-dealkylation sites (tertiary alicyclic amines) is 1. The average Bonchev–Trinajstić information content (AvgIpc) is 3.34. The van der Waals surface area contributed by atoms with Crippen LogP contribution in [-0.2, 0) is 19.1 Å². The highest BCUT2D eigenvalue weighted by Gasteiger charge is 2.61. The molecule has 1 heterocycles. The lowest BCUT2D eigenvalue weighted by molar-refractivity contribution is -0.145. The van der Waals surface area contributed by atoms with Crippen LogP contribution in [0, 0.1) is 5.92 Å². The Morgan fingerprint density at radius 3 is 2.43 bits per heavy atom. The molecular weight excluding hydrogens is 454 g/mol. The molecule has 0 aromatic rings. The minimum atomic E-state index is -1.44. The van der Waals surface area contributed by atoms with Crippen molar-refractivity contribution in [3.05, 3.63) is 25.3 Å². The van der Waals surface area contributed by atoms with E-state index in [2.05, 4.69) is 23.8 Å². The number of nitrogens with one attached hydrogen (secondary N) is 2. The molecule has 1 aliphatic carbocycles. The van der Waals surface area contributed by atoms with Crippen LogP contribution in [-0.4, -0.2) is 74.9 Å². The SMILES string of the molecule is C=CCCCCC[C@H](NC(=O)OC(C)(C)C)C(=O)N1C[C@H](O)C[C@H]1C(=O)N[C@]1(C(=O)O)C[C@H]1C=C. The molecule has 0 bridgehead atoms. The Morgan fingerprint density at radius 2 is 1.89 bits per heavy atom. The lowest BCUT2D eigenvalue weighted by atomic mass is 10.0. The largest absolute Gasteiger partial charge is 0.479 e. The number of ether oxygens (including phenoxy) is 1. The van der Waals surface area contributed by atoms with Crippen LogP contribution in [0.3, 0.4) is 0 Å². The number of hydrogen-bond donors (Lipinski definition) is 4. The highest BCUT2D eigenvalue weighted by atomic mass is 16.6. The van der Waals surface area contributed by atoms with E-state index in [1.165, 1.54) is 11.0 Å². The molecule has 196 valence electrons. The molecule has 2 rings (SSSR count). The van der Waals surface area contributed by atoms with Crippen molar-refractivity contribution in [3.63, 3.8) is 0 Å². The van der Waals surface area contributed by atoms with Crippen LogP contribution < -0.4 is 10.6 Å². The standard InChI is InChI=1S/C25H39N3O7/c1-6-8-9-10-11-12-18(26-23(34)35-24(3,4)5)21(31)28-15-17(29)13-19(28)20(30)27-25(22(32)33)14-16(25)7-2/h6-7,16-19,29H,1-2,8-15H2,3-5H3,(H,26,34)(H,27,30)(H,32,33)/t16-,17-,18+,19+,25-/m1/s1. The van der Waals surface area contributed by atoms with E-state index in [4.69, 9.17) is 4.74 Å². The summed E-state index contributed by atoms with van der Waals surface area (Å²) in [6, 6.07) is -2.01. The molecule has 2 fully saturated rings. The monoisotopic (exact) mass is 493 g/mol. The van der Waals surface area contributed by atoms with Crippen LogP contribution in [0.15, 0.2) is 25.3 Å². The van der Waals surface area contributed by atoms with Crippen molar-refractivity contribution in [2.45, 2.75) is 95.0 Å². The van der Waals surface area contributed by atoms with Crippen LogP contribution in [0.2, 0.25) is 0 Å². The second-order valence-corrected chi connectivity index (χ2v) is 10.3. The molecule has 10 heteroatoms. The summed E-state index contributed by atoms with van der Waals surface area (Å²) >= 11 is 0. The number of aliphatic hydroxyl groups excluding tert-OH is 1. The number of alkyl carbamates (subject to hydrolysis) is 1. The number of β-amino-alcohol motifs (C(OH)–C–C–N with tert-alkyl or cyclic N) is 1. The van der Waals surface area contributed by atoms with Crippen molar-refractivity contribution >= 4 is 23.9 Å². The zero-order chi connectivity index (χ0) is 26.4.